The van der Waals surface area contributed by atoms with Crippen LogP contribution in [0, 0.1) is 23.2 Å². The van der Waals surface area contributed by atoms with E-state index >= 15 is 0 Å². The molecule has 0 aromatic rings. The molecule has 0 amide bonds. The number of rotatable bonds is 2. The SMILES string of the molecule is CC(C)(C)C1CC(CC2CCN(C(C)(C)C)C2)C1. The Hall–Kier alpha value is -0.0400. The topological polar surface area (TPSA) is 3.24 Å². The first-order valence-corrected chi connectivity index (χ1v) is 7.91. The Morgan fingerprint density at radius 1 is 0.944 bits per heavy atom. The Balaban J connectivity index is 1.71. The first-order valence-electron chi connectivity index (χ1n) is 7.91. The van der Waals surface area contributed by atoms with Crippen LogP contribution in [0.25, 0.3) is 0 Å². The molecule has 1 unspecified atom stereocenters. The van der Waals surface area contributed by atoms with Gasteiger partial charge in [-0.3, -0.25) is 4.90 Å². The molecule has 106 valence electrons. The third-order valence-electron chi connectivity index (χ3n) is 5.36. The van der Waals surface area contributed by atoms with Crippen molar-refractivity contribution in [1.29, 1.82) is 0 Å². The van der Waals surface area contributed by atoms with Crippen LogP contribution in [0.2, 0.25) is 0 Å². The van der Waals surface area contributed by atoms with Crippen LogP contribution in [-0.4, -0.2) is 23.5 Å². The van der Waals surface area contributed by atoms with Crippen molar-refractivity contribution in [1.82, 2.24) is 4.90 Å². The van der Waals surface area contributed by atoms with Crippen molar-refractivity contribution in [3.8, 4) is 0 Å². The van der Waals surface area contributed by atoms with Gasteiger partial charge in [-0.25, -0.2) is 0 Å². The van der Waals surface area contributed by atoms with Crippen molar-refractivity contribution in [3.05, 3.63) is 0 Å². The fourth-order valence-corrected chi connectivity index (χ4v) is 3.74. The highest BCUT2D eigenvalue weighted by atomic mass is 15.2. The van der Waals surface area contributed by atoms with Crippen LogP contribution < -0.4 is 0 Å². The average molecular weight is 251 g/mol. The third kappa shape index (κ3) is 3.29. The highest BCUT2D eigenvalue weighted by molar-refractivity contribution is 4.91. The maximum atomic E-state index is 2.68. The van der Waals surface area contributed by atoms with Crippen molar-refractivity contribution in [2.45, 2.75) is 72.8 Å². The quantitative estimate of drug-likeness (QED) is 0.695. The minimum Gasteiger partial charge on any atom is -0.298 e. The summed E-state index contributed by atoms with van der Waals surface area (Å²) in [5.41, 5.74) is 0.923. The molecule has 1 aliphatic heterocycles. The molecule has 0 bridgehead atoms. The van der Waals surface area contributed by atoms with Crippen molar-refractivity contribution < 1.29 is 0 Å². The van der Waals surface area contributed by atoms with E-state index < -0.39 is 0 Å². The van der Waals surface area contributed by atoms with Gasteiger partial charge in [0.2, 0.25) is 0 Å². The van der Waals surface area contributed by atoms with Crippen molar-refractivity contribution >= 4 is 0 Å². The predicted molar refractivity (Wildman–Crippen MR) is 79.7 cm³/mol. The zero-order valence-corrected chi connectivity index (χ0v) is 13.4. The molecular weight excluding hydrogens is 218 g/mol. The van der Waals surface area contributed by atoms with Gasteiger partial charge >= 0.3 is 0 Å². The Labute approximate surface area is 114 Å². The van der Waals surface area contributed by atoms with Gasteiger partial charge in [-0.15, -0.1) is 0 Å². The fourth-order valence-electron chi connectivity index (χ4n) is 3.74. The Morgan fingerprint density at radius 3 is 2.00 bits per heavy atom. The summed E-state index contributed by atoms with van der Waals surface area (Å²) in [5.74, 6) is 3.01. The first kappa shape index (κ1) is 14.4. The second kappa shape index (κ2) is 4.81. The van der Waals surface area contributed by atoms with Gasteiger partial charge in [-0.05, 0) is 76.2 Å². The maximum absolute atomic E-state index is 2.68. The largest absolute Gasteiger partial charge is 0.298 e. The van der Waals surface area contributed by atoms with Gasteiger partial charge in [-0.1, -0.05) is 20.8 Å². The van der Waals surface area contributed by atoms with E-state index in [2.05, 4.69) is 46.4 Å². The van der Waals surface area contributed by atoms with E-state index in [-0.39, 0.29) is 0 Å². The molecule has 1 nitrogen and oxygen atoms in total. The van der Waals surface area contributed by atoms with Gasteiger partial charge < -0.3 is 0 Å². The molecule has 2 aliphatic rings. The minimum atomic E-state index is 0.377. The summed E-state index contributed by atoms with van der Waals surface area (Å²) < 4.78 is 0. The second-order valence-corrected chi connectivity index (χ2v) is 8.91. The third-order valence-corrected chi connectivity index (χ3v) is 5.36. The molecule has 1 aliphatic carbocycles. The number of likely N-dealkylation sites (tertiary alicyclic amines) is 1. The van der Waals surface area contributed by atoms with E-state index in [1.54, 1.807) is 0 Å². The second-order valence-electron chi connectivity index (χ2n) is 8.91. The van der Waals surface area contributed by atoms with E-state index in [0.717, 1.165) is 17.8 Å². The molecule has 2 rings (SSSR count). The standard InChI is InChI=1S/C17H33N/c1-16(2,3)15-10-14(11-15)9-13-7-8-18(12-13)17(4,5)6/h13-15H,7-12H2,1-6H3. The summed E-state index contributed by atoms with van der Waals surface area (Å²) in [5, 5.41) is 0. The number of hydrogen-bond acceptors (Lipinski definition) is 1. The average Bonchev–Trinajstić information content (AvgIpc) is 2.55. The zero-order valence-electron chi connectivity index (χ0n) is 13.4. The van der Waals surface area contributed by atoms with Gasteiger partial charge in [0.1, 0.15) is 0 Å². The molecule has 1 atom stereocenters. The smallest absolute Gasteiger partial charge is 0.0125 e. The van der Waals surface area contributed by atoms with Gasteiger partial charge in [0.15, 0.2) is 0 Å². The predicted octanol–water partition coefficient (Wildman–Crippen LogP) is 4.57. The van der Waals surface area contributed by atoms with Crippen LogP contribution in [-0.2, 0) is 0 Å². The molecule has 0 aromatic carbocycles. The molecule has 1 saturated carbocycles. The Bertz CT molecular complexity index is 275. The molecule has 0 aromatic heterocycles. The van der Waals surface area contributed by atoms with Crippen LogP contribution >= 0.6 is 0 Å². The molecule has 2 fully saturated rings. The molecule has 0 spiro atoms. The summed E-state index contributed by atoms with van der Waals surface area (Å²) in [7, 11) is 0. The van der Waals surface area contributed by atoms with Crippen molar-refractivity contribution in [2.75, 3.05) is 13.1 Å². The lowest BCUT2D eigenvalue weighted by Crippen LogP contribution is -2.40. The molecule has 18 heavy (non-hydrogen) atoms. The number of hydrogen-bond donors (Lipinski definition) is 0. The fraction of sp³-hybridized carbons (Fsp3) is 1.00. The van der Waals surface area contributed by atoms with E-state index in [0.29, 0.717) is 11.0 Å². The highest BCUT2D eigenvalue weighted by Gasteiger charge is 2.39. The molecule has 1 heteroatoms. The van der Waals surface area contributed by atoms with Gasteiger partial charge in [0.25, 0.3) is 0 Å². The summed E-state index contributed by atoms with van der Waals surface area (Å²) in [6.07, 6.45) is 5.93. The van der Waals surface area contributed by atoms with Crippen LogP contribution in [0.5, 0.6) is 0 Å². The van der Waals surface area contributed by atoms with Gasteiger partial charge in [-0.2, -0.15) is 0 Å². The normalized spacial score (nSPS) is 34.7. The van der Waals surface area contributed by atoms with Crippen LogP contribution in [0.3, 0.4) is 0 Å². The summed E-state index contributed by atoms with van der Waals surface area (Å²) >= 11 is 0. The van der Waals surface area contributed by atoms with E-state index in [1.807, 2.05) is 0 Å². The lowest BCUT2D eigenvalue weighted by atomic mass is 9.61. The summed E-state index contributed by atoms with van der Waals surface area (Å²) in [4.78, 5) is 2.68. The van der Waals surface area contributed by atoms with Gasteiger partial charge in [0.05, 0.1) is 0 Å². The van der Waals surface area contributed by atoms with Crippen LogP contribution in [0.15, 0.2) is 0 Å². The van der Waals surface area contributed by atoms with Crippen LogP contribution in [0.4, 0.5) is 0 Å². The minimum absolute atomic E-state index is 0.377. The Kier molecular flexibility index (Phi) is 3.84. The number of nitrogens with zero attached hydrogens (tertiary/aromatic N) is 1. The van der Waals surface area contributed by atoms with E-state index in [1.165, 1.54) is 38.8 Å². The summed E-state index contributed by atoms with van der Waals surface area (Å²) in [6.45, 7) is 17.0. The van der Waals surface area contributed by atoms with Crippen molar-refractivity contribution in [2.24, 2.45) is 23.2 Å². The lowest BCUT2D eigenvalue weighted by molar-refractivity contribution is 0.0597. The monoisotopic (exact) mass is 251 g/mol. The molecular formula is C17H33N. The first-order chi connectivity index (χ1) is 8.16. The lowest BCUT2D eigenvalue weighted by Gasteiger charge is -2.44. The summed E-state index contributed by atoms with van der Waals surface area (Å²) in [6, 6.07) is 0. The molecule has 0 radical (unpaired) electrons. The molecule has 1 saturated heterocycles. The Morgan fingerprint density at radius 2 is 1.56 bits per heavy atom. The highest BCUT2D eigenvalue weighted by Crippen LogP contribution is 2.48. The molecule has 0 N–H and O–H groups in total. The van der Waals surface area contributed by atoms with Crippen molar-refractivity contribution in [3.63, 3.8) is 0 Å². The maximum Gasteiger partial charge on any atom is 0.0125 e. The zero-order chi connectivity index (χ0) is 13.6. The van der Waals surface area contributed by atoms with E-state index in [9.17, 15) is 0 Å². The van der Waals surface area contributed by atoms with Gasteiger partial charge in [0, 0.05) is 12.1 Å². The van der Waals surface area contributed by atoms with E-state index in [4.69, 9.17) is 0 Å². The van der Waals surface area contributed by atoms with Crippen LogP contribution in [0.1, 0.15) is 67.2 Å². The molecule has 1 heterocycles.